The van der Waals surface area contributed by atoms with Crippen molar-refractivity contribution in [2.45, 2.75) is 56.8 Å². The normalized spacial score (nSPS) is 13.9. The number of carbonyl (C=O) groups excluding carboxylic acids is 4. The van der Waals surface area contributed by atoms with Crippen molar-refractivity contribution < 1.29 is 29.1 Å². The molecule has 3 rings (SSSR count). The van der Waals surface area contributed by atoms with E-state index in [-0.39, 0.29) is 25.7 Å². The van der Waals surface area contributed by atoms with Crippen molar-refractivity contribution in [3.63, 3.8) is 0 Å². The van der Waals surface area contributed by atoms with Gasteiger partial charge in [-0.25, -0.2) is 4.79 Å². The number of para-hydroxylation sites is 1. The van der Waals surface area contributed by atoms with Gasteiger partial charge in [-0.15, -0.1) is 0 Å². The van der Waals surface area contributed by atoms with Crippen LogP contribution in [0.5, 0.6) is 0 Å². The van der Waals surface area contributed by atoms with Crippen molar-refractivity contribution in [3.8, 4) is 0 Å². The van der Waals surface area contributed by atoms with Gasteiger partial charge in [0, 0.05) is 36.4 Å². The van der Waals surface area contributed by atoms with Crippen LogP contribution in [0.25, 0.3) is 10.9 Å². The van der Waals surface area contributed by atoms with Crippen LogP contribution in [0.3, 0.4) is 0 Å². The minimum Gasteiger partial charge on any atom is -0.480 e. The monoisotopic (exact) mass is 550 g/mol. The number of aromatic amines is 1. The zero-order chi connectivity index (χ0) is 29.2. The number of fused-ring (bicyclic) bond motifs is 1. The van der Waals surface area contributed by atoms with E-state index in [1.54, 1.807) is 36.5 Å². The summed E-state index contributed by atoms with van der Waals surface area (Å²) in [6.07, 6.45) is 1.75. The molecule has 9 N–H and O–H groups in total. The van der Waals surface area contributed by atoms with E-state index in [9.17, 15) is 29.1 Å². The first-order valence-corrected chi connectivity index (χ1v) is 12.8. The number of hydrogen-bond acceptors (Lipinski definition) is 6. The lowest BCUT2D eigenvalue weighted by atomic mass is 10.0. The number of primary amides is 1. The number of benzene rings is 2. The SMILES string of the molecule is CC(NC(=O)C(Cc1ccccc1)NC(=O)C(N)CCC(N)=O)C(=O)NC(Cc1c[nH]c2ccccc12)C(=O)O. The van der Waals surface area contributed by atoms with Crippen LogP contribution in [-0.2, 0) is 36.8 Å². The highest BCUT2D eigenvalue weighted by Gasteiger charge is 2.29. The predicted molar refractivity (Wildman–Crippen MR) is 148 cm³/mol. The summed E-state index contributed by atoms with van der Waals surface area (Å²) in [4.78, 5) is 64.7. The summed E-state index contributed by atoms with van der Waals surface area (Å²) in [6.45, 7) is 1.41. The molecule has 4 atom stereocenters. The van der Waals surface area contributed by atoms with E-state index in [4.69, 9.17) is 11.5 Å². The summed E-state index contributed by atoms with van der Waals surface area (Å²) >= 11 is 0. The van der Waals surface area contributed by atoms with Gasteiger partial charge in [-0.05, 0) is 30.5 Å². The fourth-order valence-corrected chi connectivity index (χ4v) is 4.16. The molecule has 4 unspecified atom stereocenters. The van der Waals surface area contributed by atoms with Gasteiger partial charge >= 0.3 is 5.97 Å². The van der Waals surface area contributed by atoms with Crippen LogP contribution in [0.4, 0.5) is 0 Å². The summed E-state index contributed by atoms with van der Waals surface area (Å²) in [5.41, 5.74) is 13.3. The molecule has 0 radical (unpaired) electrons. The molecule has 0 fully saturated rings. The Labute approximate surface area is 230 Å². The van der Waals surface area contributed by atoms with Crippen LogP contribution in [0.2, 0.25) is 0 Å². The Kier molecular flexibility index (Phi) is 10.4. The number of amides is 4. The number of rotatable bonds is 14. The zero-order valence-corrected chi connectivity index (χ0v) is 22.1. The van der Waals surface area contributed by atoms with Gasteiger partial charge in [0.05, 0.1) is 6.04 Å². The molecule has 0 spiro atoms. The van der Waals surface area contributed by atoms with E-state index in [0.717, 1.165) is 22.0 Å². The Balaban J connectivity index is 1.66. The van der Waals surface area contributed by atoms with Gasteiger partial charge in [0.1, 0.15) is 18.1 Å². The summed E-state index contributed by atoms with van der Waals surface area (Å²) in [6, 6.07) is 11.8. The Morgan fingerprint density at radius 2 is 1.50 bits per heavy atom. The smallest absolute Gasteiger partial charge is 0.326 e. The van der Waals surface area contributed by atoms with Gasteiger partial charge in [0.25, 0.3) is 0 Å². The first-order chi connectivity index (χ1) is 19.0. The molecule has 0 aliphatic rings. The molecule has 0 bridgehead atoms. The van der Waals surface area contributed by atoms with Crippen LogP contribution in [0.1, 0.15) is 30.9 Å². The van der Waals surface area contributed by atoms with Crippen LogP contribution in [-0.4, -0.2) is 63.9 Å². The van der Waals surface area contributed by atoms with Gasteiger partial charge < -0.3 is 37.5 Å². The molecular formula is C28H34N6O6. The van der Waals surface area contributed by atoms with Crippen molar-refractivity contribution in [3.05, 3.63) is 71.9 Å². The van der Waals surface area contributed by atoms with Crippen molar-refractivity contribution in [2.75, 3.05) is 0 Å². The van der Waals surface area contributed by atoms with Gasteiger partial charge in [0.15, 0.2) is 0 Å². The maximum absolute atomic E-state index is 13.2. The molecular weight excluding hydrogens is 516 g/mol. The molecule has 0 saturated carbocycles. The van der Waals surface area contributed by atoms with E-state index in [1.807, 2.05) is 24.3 Å². The molecule has 1 aromatic heterocycles. The minimum absolute atomic E-state index is 0.00660. The van der Waals surface area contributed by atoms with E-state index < -0.39 is 53.8 Å². The number of carboxylic acids is 1. The van der Waals surface area contributed by atoms with E-state index >= 15 is 0 Å². The molecule has 12 heteroatoms. The predicted octanol–water partition coefficient (Wildman–Crippen LogP) is 0.105. The average Bonchev–Trinajstić information content (AvgIpc) is 3.33. The van der Waals surface area contributed by atoms with Crippen molar-refractivity contribution in [1.82, 2.24) is 20.9 Å². The second-order valence-corrected chi connectivity index (χ2v) is 9.56. The summed E-state index contributed by atoms with van der Waals surface area (Å²) in [5, 5.41) is 18.2. The fraction of sp³-hybridized carbons (Fsp3) is 0.321. The lowest BCUT2D eigenvalue weighted by Gasteiger charge is -2.23. The first kappa shape index (κ1) is 29.8. The molecule has 12 nitrogen and oxygen atoms in total. The number of carbonyl (C=O) groups is 5. The fourth-order valence-electron chi connectivity index (χ4n) is 4.16. The summed E-state index contributed by atoms with van der Waals surface area (Å²) in [5.74, 6) is -3.85. The largest absolute Gasteiger partial charge is 0.480 e. The highest BCUT2D eigenvalue weighted by atomic mass is 16.4. The maximum Gasteiger partial charge on any atom is 0.326 e. The quantitative estimate of drug-likeness (QED) is 0.147. The number of nitrogens with one attached hydrogen (secondary N) is 4. The third-order valence-corrected chi connectivity index (χ3v) is 6.42. The minimum atomic E-state index is -1.24. The van der Waals surface area contributed by atoms with Crippen molar-refractivity contribution in [2.24, 2.45) is 11.5 Å². The number of nitrogens with two attached hydrogens (primary N) is 2. The Morgan fingerprint density at radius 3 is 2.17 bits per heavy atom. The Bertz CT molecular complexity index is 1360. The molecule has 0 saturated heterocycles. The van der Waals surface area contributed by atoms with Crippen molar-refractivity contribution in [1.29, 1.82) is 0 Å². The van der Waals surface area contributed by atoms with E-state index in [1.165, 1.54) is 6.92 Å². The standard InChI is InChI=1S/C28H34N6O6/c1-16(25(36)34-23(28(39)40)14-18-15-31-21-10-6-5-9-19(18)21)32-27(38)22(13-17-7-3-2-4-8-17)33-26(37)20(29)11-12-24(30)35/h2-10,15-16,20,22-23,31H,11-14,29H2,1H3,(H2,30,35)(H,32,38)(H,33,37)(H,34,36)(H,39,40). The number of H-pyrrole nitrogens is 1. The third-order valence-electron chi connectivity index (χ3n) is 6.42. The van der Waals surface area contributed by atoms with E-state index in [2.05, 4.69) is 20.9 Å². The number of hydrogen-bond donors (Lipinski definition) is 7. The van der Waals surface area contributed by atoms with Gasteiger partial charge in [-0.1, -0.05) is 48.5 Å². The Hall–Kier alpha value is -4.71. The highest BCUT2D eigenvalue weighted by molar-refractivity contribution is 5.94. The number of aromatic nitrogens is 1. The second-order valence-electron chi connectivity index (χ2n) is 9.56. The molecule has 1 heterocycles. The number of carboxylic acid groups (broad SMARTS) is 1. The van der Waals surface area contributed by atoms with Gasteiger partial charge in [-0.3, -0.25) is 19.2 Å². The van der Waals surface area contributed by atoms with E-state index in [0.29, 0.717) is 0 Å². The van der Waals surface area contributed by atoms with Gasteiger partial charge in [-0.2, -0.15) is 0 Å². The Morgan fingerprint density at radius 1 is 0.850 bits per heavy atom. The first-order valence-electron chi connectivity index (χ1n) is 12.8. The molecule has 40 heavy (non-hydrogen) atoms. The van der Waals surface area contributed by atoms with Gasteiger partial charge in [0.2, 0.25) is 23.6 Å². The average molecular weight is 551 g/mol. The topological polar surface area (TPSA) is 209 Å². The molecule has 3 aromatic rings. The van der Waals surface area contributed by atoms with Crippen LogP contribution in [0.15, 0.2) is 60.8 Å². The lowest BCUT2D eigenvalue weighted by Crippen LogP contribution is -2.57. The van der Waals surface area contributed by atoms with Crippen LogP contribution < -0.4 is 27.4 Å². The molecule has 0 aliphatic heterocycles. The molecule has 2 aromatic carbocycles. The second kappa shape index (κ2) is 13.9. The lowest BCUT2D eigenvalue weighted by molar-refractivity contribution is -0.142. The van der Waals surface area contributed by atoms with Crippen LogP contribution in [0, 0.1) is 0 Å². The summed E-state index contributed by atoms with van der Waals surface area (Å²) in [7, 11) is 0. The third kappa shape index (κ3) is 8.40. The summed E-state index contributed by atoms with van der Waals surface area (Å²) < 4.78 is 0. The molecule has 0 aliphatic carbocycles. The van der Waals surface area contributed by atoms with Crippen molar-refractivity contribution >= 4 is 40.5 Å². The number of aliphatic carboxylic acids is 1. The van der Waals surface area contributed by atoms with Crippen LogP contribution >= 0.6 is 0 Å². The molecule has 212 valence electrons. The molecule has 4 amide bonds. The maximum atomic E-state index is 13.2. The highest BCUT2D eigenvalue weighted by Crippen LogP contribution is 2.19. The zero-order valence-electron chi connectivity index (χ0n) is 22.1.